The first-order valence-corrected chi connectivity index (χ1v) is 8.33. The van der Waals surface area contributed by atoms with Gasteiger partial charge >= 0.3 is 0 Å². The van der Waals surface area contributed by atoms with Crippen molar-refractivity contribution in [1.29, 1.82) is 0 Å². The molecule has 0 amide bonds. The van der Waals surface area contributed by atoms with Gasteiger partial charge < -0.3 is 5.73 Å². The summed E-state index contributed by atoms with van der Waals surface area (Å²) >= 11 is 1.96. The molecule has 2 N–H and O–H groups in total. The summed E-state index contributed by atoms with van der Waals surface area (Å²) in [6, 6.07) is 4.56. The first-order valence-electron chi connectivity index (χ1n) is 7.51. The van der Waals surface area contributed by atoms with Crippen molar-refractivity contribution in [3.63, 3.8) is 0 Å². The number of nitrogens with two attached hydrogens (primary N) is 1. The molecule has 1 nitrogen and oxygen atoms in total. The second kappa shape index (κ2) is 6.21. The van der Waals surface area contributed by atoms with E-state index in [4.69, 9.17) is 5.73 Å². The summed E-state index contributed by atoms with van der Waals surface area (Å²) < 4.78 is 0. The minimum absolute atomic E-state index is 0.0692. The second-order valence-corrected chi connectivity index (χ2v) is 7.22. The van der Waals surface area contributed by atoms with Crippen LogP contribution in [0.3, 0.4) is 0 Å². The zero-order valence-corrected chi connectivity index (χ0v) is 12.7. The van der Waals surface area contributed by atoms with Crippen LogP contribution in [0.4, 0.5) is 0 Å². The highest BCUT2D eigenvalue weighted by atomic mass is 32.1. The largest absolute Gasteiger partial charge is 0.325 e. The molecule has 2 atom stereocenters. The Bertz CT molecular complexity index is 371. The van der Waals surface area contributed by atoms with Crippen LogP contribution in [0.2, 0.25) is 0 Å². The molecular weight excluding hydrogens is 238 g/mol. The van der Waals surface area contributed by atoms with Gasteiger partial charge in [0.15, 0.2) is 0 Å². The molecule has 2 rings (SSSR count). The first-order chi connectivity index (χ1) is 8.65. The Morgan fingerprint density at radius 2 is 2.00 bits per heavy atom. The van der Waals surface area contributed by atoms with Crippen molar-refractivity contribution >= 4 is 11.3 Å². The van der Waals surface area contributed by atoms with Crippen LogP contribution in [0, 0.1) is 5.92 Å². The van der Waals surface area contributed by atoms with Gasteiger partial charge in [0.25, 0.3) is 0 Å². The quantitative estimate of drug-likeness (QED) is 0.795. The maximum atomic E-state index is 6.67. The fraction of sp³-hybridized carbons (Fsp3) is 0.750. The maximum absolute atomic E-state index is 6.67. The lowest BCUT2D eigenvalue weighted by Gasteiger charge is -2.27. The molecule has 1 heterocycles. The van der Waals surface area contributed by atoms with Crippen LogP contribution in [0.1, 0.15) is 62.1 Å². The van der Waals surface area contributed by atoms with Crippen molar-refractivity contribution in [2.45, 2.75) is 70.8 Å². The smallest absolute Gasteiger partial charge is 0.0203 e. The number of thiophene rings is 1. The Balaban J connectivity index is 1.98. The SMILES string of the molecule is CCc1ccc(CC2(N)CCCC(CC)CC2)s1. The molecule has 102 valence electrons. The highest BCUT2D eigenvalue weighted by Crippen LogP contribution is 2.33. The van der Waals surface area contributed by atoms with E-state index in [-0.39, 0.29) is 5.54 Å². The summed E-state index contributed by atoms with van der Waals surface area (Å²) in [6.07, 6.45) is 10.0. The monoisotopic (exact) mass is 265 g/mol. The molecule has 0 aromatic carbocycles. The van der Waals surface area contributed by atoms with Gasteiger partial charge in [0, 0.05) is 15.3 Å². The first kappa shape index (κ1) is 14.1. The van der Waals surface area contributed by atoms with Crippen molar-refractivity contribution in [3.8, 4) is 0 Å². The van der Waals surface area contributed by atoms with Gasteiger partial charge in [-0.2, -0.15) is 0 Å². The van der Waals surface area contributed by atoms with E-state index in [1.165, 1.54) is 48.3 Å². The van der Waals surface area contributed by atoms with E-state index in [0.29, 0.717) is 0 Å². The zero-order valence-electron chi connectivity index (χ0n) is 11.9. The molecule has 0 spiro atoms. The van der Waals surface area contributed by atoms with Crippen molar-refractivity contribution < 1.29 is 0 Å². The molecular formula is C16H27NS. The van der Waals surface area contributed by atoms with Gasteiger partial charge in [-0.25, -0.2) is 0 Å². The van der Waals surface area contributed by atoms with E-state index in [1.807, 2.05) is 11.3 Å². The molecule has 0 radical (unpaired) electrons. The number of hydrogen-bond donors (Lipinski definition) is 1. The molecule has 0 aliphatic heterocycles. The highest BCUT2D eigenvalue weighted by molar-refractivity contribution is 7.12. The van der Waals surface area contributed by atoms with E-state index in [2.05, 4.69) is 26.0 Å². The summed E-state index contributed by atoms with van der Waals surface area (Å²) in [4.78, 5) is 2.98. The maximum Gasteiger partial charge on any atom is 0.0203 e. The predicted molar refractivity (Wildman–Crippen MR) is 81.2 cm³/mol. The molecule has 1 aliphatic rings. The number of rotatable bonds is 4. The van der Waals surface area contributed by atoms with Crippen LogP contribution in [-0.4, -0.2) is 5.54 Å². The zero-order chi connectivity index (χ0) is 13.0. The summed E-state index contributed by atoms with van der Waals surface area (Å²) in [5.41, 5.74) is 6.73. The van der Waals surface area contributed by atoms with Crippen LogP contribution in [0.25, 0.3) is 0 Å². The lowest BCUT2D eigenvalue weighted by Crippen LogP contribution is -2.41. The van der Waals surface area contributed by atoms with Gasteiger partial charge in [0.05, 0.1) is 0 Å². The standard InChI is InChI=1S/C16H27NS/c1-3-13-6-5-10-16(17,11-9-13)12-15-8-7-14(4-2)18-15/h7-8,13H,3-6,9-12,17H2,1-2H3. The van der Waals surface area contributed by atoms with Crippen LogP contribution >= 0.6 is 11.3 Å². The Hall–Kier alpha value is -0.340. The molecule has 1 fully saturated rings. The van der Waals surface area contributed by atoms with Gasteiger partial charge in [-0.05, 0) is 50.2 Å². The van der Waals surface area contributed by atoms with Gasteiger partial charge in [-0.3, -0.25) is 0 Å². The highest BCUT2D eigenvalue weighted by Gasteiger charge is 2.29. The fourth-order valence-corrected chi connectivity index (χ4v) is 4.26. The summed E-state index contributed by atoms with van der Waals surface area (Å²) in [5, 5.41) is 0. The third kappa shape index (κ3) is 3.58. The van der Waals surface area contributed by atoms with Gasteiger partial charge in [0.2, 0.25) is 0 Å². The average Bonchev–Trinajstić information content (AvgIpc) is 2.72. The van der Waals surface area contributed by atoms with E-state index in [1.54, 1.807) is 0 Å². The molecule has 2 unspecified atom stereocenters. The predicted octanol–water partition coefficient (Wildman–Crippen LogP) is 4.54. The fourth-order valence-electron chi connectivity index (χ4n) is 3.14. The number of aryl methyl sites for hydroxylation is 1. The van der Waals surface area contributed by atoms with Crippen molar-refractivity contribution in [1.82, 2.24) is 0 Å². The minimum Gasteiger partial charge on any atom is -0.325 e. The number of hydrogen-bond acceptors (Lipinski definition) is 2. The second-order valence-electron chi connectivity index (χ2n) is 5.97. The van der Waals surface area contributed by atoms with Crippen molar-refractivity contribution in [2.75, 3.05) is 0 Å². The van der Waals surface area contributed by atoms with Crippen LogP contribution in [0.5, 0.6) is 0 Å². The Morgan fingerprint density at radius 3 is 2.67 bits per heavy atom. The van der Waals surface area contributed by atoms with Gasteiger partial charge in [0.1, 0.15) is 0 Å². The molecule has 0 saturated heterocycles. The third-order valence-corrected chi connectivity index (χ3v) is 5.74. The minimum atomic E-state index is 0.0692. The topological polar surface area (TPSA) is 26.0 Å². The van der Waals surface area contributed by atoms with E-state index < -0.39 is 0 Å². The molecule has 2 heteroatoms. The Morgan fingerprint density at radius 1 is 1.22 bits per heavy atom. The summed E-state index contributed by atoms with van der Waals surface area (Å²) in [7, 11) is 0. The van der Waals surface area contributed by atoms with E-state index in [9.17, 15) is 0 Å². The normalized spacial score (nSPS) is 29.2. The Labute approximate surface area is 116 Å². The van der Waals surface area contributed by atoms with Crippen LogP contribution in [-0.2, 0) is 12.8 Å². The van der Waals surface area contributed by atoms with Crippen molar-refractivity contribution in [3.05, 3.63) is 21.9 Å². The average molecular weight is 265 g/mol. The molecule has 1 saturated carbocycles. The summed E-state index contributed by atoms with van der Waals surface area (Å²) in [5.74, 6) is 0.921. The molecule has 0 bridgehead atoms. The third-order valence-electron chi connectivity index (χ3n) is 4.51. The van der Waals surface area contributed by atoms with E-state index in [0.717, 1.165) is 18.8 Å². The van der Waals surface area contributed by atoms with Crippen molar-refractivity contribution in [2.24, 2.45) is 11.7 Å². The van der Waals surface area contributed by atoms with Crippen LogP contribution in [0.15, 0.2) is 12.1 Å². The summed E-state index contributed by atoms with van der Waals surface area (Å²) in [6.45, 7) is 4.55. The molecule has 1 aromatic heterocycles. The molecule has 1 aromatic rings. The van der Waals surface area contributed by atoms with Gasteiger partial charge in [-0.15, -0.1) is 11.3 Å². The van der Waals surface area contributed by atoms with Gasteiger partial charge in [-0.1, -0.05) is 33.1 Å². The molecule has 18 heavy (non-hydrogen) atoms. The lowest BCUT2D eigenvalue weighted by atomic mass is 9.87. The lowest BCUT2D eigenvalue weighted by molar-refractivity contribution is 0.360. The Kier molecular flexibility index (Phi) is 4.85. The van der Waals surface area contributed by atoms with E-state index >= 15 is 0 Å². The molecule has 1 aliphatic carbocycles. The van der Waals surface area contributed by atoms with Crippen LogP contribution < -0.4 is 5.73 Å².